The summed E-state index contributed by atoms with van der Waals surface area (Å²) in [5.41, 5.74) is 6.45. The Morgan fingerprint density at radius 3 is 2.55 bits per heavy atom. The Hall–Kier alpha value is -3.74. The van der Waals surface area contributed by atoms with Gasteiger partial charge in [0.25, 0.3) is 0 Å². The molecule has 6 nitrogen and oxygen atoms in total. The first-order chi connectivity index (χ1) is 16.1. The van der Waals surface area contributed by atoms with Gasteiger partial charge in [0.2, 0.25) is 5.88 Å². The number of fused-ring (bicyclic) bond motifs is 1. The van der Waals surface area contributed by atoms with Gasteiger partial charge in [0, 0.05) is 24.2 Å². The third-order valence-electron chi connectivity index (χ3n) is 5.70. The number of aliphatic hydroxyl groups is 1. The highest BCUT2D eigenvalue weighted by molar-refractivity contribution is 6.38. The molecule has 0 unspecified atom stereocenters. The first kappa shape index (κ1) is 21.1. The molecule has 0 amide bonds. The molecule has 5 aromatic rings. The second-order valence-corrected chi connectivity index (χ2v) is 8.03. The monoisotopic (exact) mass is 456 g/mol. The molecular weight excluding hydrogens is 436 g/mol. The van der Waals surface area contributed by atoms with Gasteiger partial charge in [-0.2, -0.15) is 0 Å². The zero-order chi connectivity index (χ0) is 22.9. The van der Waals surface area contributed by atoms with Crippen LogP contribution in [0.15, 0.2) is 73.3 Å². The smallest absolute Gasteiger partial charge is 0.223 e. The van der Waals surface area contributed by atoms with E-state index in [1.807, 2.05) is 66.2 Å². The average molecular weight is 457 g/mol. The maximum atomic E-state index is 10.1. The second kappa shape index (κ2) is 8.65. The number of rotatable bonds is 5. The normalized spacial score (nSPS) is 11.2. The van der Waals surface area contributed by atoms with Crippen molar-refractivity contribution in [1.82, 2.24) is 19.5 Å². The molecule has 0 fully saturated rings. The Bertz CT molecular complexity index is 1460. The number of aliphatic hydroxyl groups excluding tert-OH is 1. The number of aryl methyl sites for hydroxylation is 1. The number of imidazole rings is 1. The minimum atomic E-state index is -0.120. The van der Waals surface area contributed by atoms with E-state index in [1.54, 1.807) is 25.8 Å². The van der Waals surface area contributed by atoms with Crippen molar-refractivity contribution in [3.05, 3.63) is 83.9 Å². The number of ether oxygens (including phenoxy) is 1. The molecule has 7 heteroatoms. The predicted molar refractivity (Wildman–Crippen MR) is 130 cm³/mol. The summed E-state index contributed by atoms with van der Waals surface area (Å²) in [5.74, 6) is 0.472. The van der Waals surface area contributed by atoms with E-state index in [0.717, 1.165) is 50.1 Å². The molecule has 33 heavy (non-hydrogen) atoms. The summed E-state index contributed by atoms with van der Waals surface area (Å²) in [5, 5.41) is 11.4. The molecule has 5 rings (SSSR count). The Labute approximate surface area is 196 Å². The fourth-order valence-electron chi connectivity index (χ4n) is 4.10. The molecule has 0 aliphatic heterocycles. The van der Waals surface area contributed by atoms with Crippen LogP contribution in [0, 0.1) is 0 Å². The van der Waals surface area contributed by atoms with Crippen molar-refractivity contribution in [3.63, 3.8) is 0 Å². The molecule has 3 aromatic heterocycles. The van der Waals surface area contributed by atoms with Gasteiger partial charge in [-0.3, -0.25) is 4.98 Å². The van der Waals surface area contributed by atoms with Crippen molar-refractivity contribution in [2.45, 2.75) is 6.61 Å². The van der Waals surface area contributed by atoms with Gasteiger partial charge in [-0.05, 0) is 34.9 Å². The number of hydrogen-bond donors (Lipinski definition) is 1. The van der Waals surface area contributed by atoms with E-state index in [9.17, 15) is 5.11 Å². The maximum absolute atomic E-state index is 10.1. The summed E-state index contributed by atoms with van der Waals surface area (Å²) in [7, 11) is 3.51. The highest BCUT2D eigenvalue weighted by Crippen LogP contribution is 2.42. The lowest BCUT2D eigenvalue weighted by Crippen LogP contribution is -2.00. The molecule has 0 aliphatic carbocycles. The molecule has 0 aliphatic rings. The Morgan fingerprint density at radius 1 is 1.03 bits per heavy atom. The van der Waals surface area contributed by atoms with Gasteiger partial charge in [-0.1, -0.05) is 48.0 Å². The molecule has 0 saturated carbocycles. The van der Waals surface area contributed by atoms with Crippen LogP contribution in [0.5, 0.6) is 5.88 Å². The van der Waals surface area contributed by atoms with Crippen LogP contribution in [0.1, 0.15) is 5.56 Å². The summed E-state index contributed by atoms with van der Waals surface area (Å²) in [4.78, 5) is 13.6. The number of aromatic nitrogens is 4. The number of methoxy groups -OCH3 is 1. The van der Waals surface area contributed by atoms with Crippen LogP contribution in [0.25, 0.3) is 44.5 Å². The summed E-state index contributed by atoms with van der Waals surface area (Å²) >= 11 is 6.96. The Balaban J connectivity index is 1.78. The zero-order valence-corrected chi connectivity index (χ0v) is 18.9. The number of halogens is 1. The van der Waals surface area contributed by atoms with Crippen molar-refractivity contribution in [1.29, 1.82) is 0 Å². The minimum Gasteiger partial charge on any atom is -0.480 e. The van der Waals surface area contributed by atoms with Crippen LogP contribution >= 0.6 is 11.6 Å². The minimum absolute atomic E-state index is 0.120. The highest BCUT2D eigenvalue weighted by atomic mass is 35.5. The van der Waals surface area contributed by atoms with Crippen LogP contribution in [0.2, 0.25) is 5.02 Å². The standard InChI is InChI=1S/C26H21ClN4O2/c1-31-15-28-13-21(31)25-22(18(14-32)10-11-29-25)17-8-9-20-19(12-17)24(27)23(26(30-20)33-2)16-6-4-3-5-7-16/h3-13,15,32H,14H2,1-2H3. The maximum Gasteiger partial charge on any atom is 0.223 e. The van der Waals surface area contributed by atoms with Crippen molar-refractivity contribution >= 4 is 22.5 Å². The third-order valence-corrected chi connectivity index (χ3v) is 6.09. The molecule has 0 bridgehead atoms. The lowest BCUT2D eigenvalue weighted by molar-refractivity contribution is 0.282. The zero-order valence-electron chi connectivity index (χ0n) is 18.2. The van der Waals surface area contributed by atoms with E-state index >= 15 is 0 Å². The summed E-state index contributed by atoms with van der Waals surface area (Å²) in [6, 6.07) is 17.5. The number of hydrogen-bond acceptors (Lipinski definition) is 5. The van der Waals surface area contributed by atoms with Crippen LogP contribution in [-0.2, 0) is 13.7 Å². The van der Waals surface area contributed by atoms with E-state index in [2.05, 4.69) is 9.97 Å². The molecule has 0 spiro atoms. The van der Waals surface area contributed by atoms with Crippen molar-refractivity contribution in [3.8, 4) is 39.5 Å². The SMILES string of the molecule is COc1nc2ccc(-c3c(CO)ccnc3-c3cncn3C)cc2c(Cl)c1-c1ccccc1. The summed E-state index contributed by atoms with van der Waals surface area (Å²) in [6.07, 6.45) is 5.19. The number of benzene rings is 2. The van der Waals surface area contributed by atoms with E-state index < -0.39 is 0 Å². The second-order valence-electron chi connectivity index (χ2n) is 7.65. The Kier molecular flexibility index (Phi) is 5.54. The lowest BCUT2D eigenvalue weighted by atomic mass is 9.95. The van der Waals surface area contributed by atoms with Crippen LogP contribution in [0.3, 0.4) is 0 Å². The van der Waals surface area contributed by atoms with Gasteiger partial charge in [0.05, 0.1) is 53.7 Å². The van der Waals surface area contributed by atoms with E-state index in [0.29, 0.717) is 10.9 Å². The number of nitrogens with zero attached hydrogens (tertiary/aromatic N) is 4. The Morgan fingerprint density at radius 2 is 1.85 bits per heavy atom. The quantitative estimate of drug-likeness (QED) is 0.377. The van der Waals surface area contributed by atoms with Gasteiger partial charge in [0.1, 0.15) is 0 Å². The largest absolute Gasteiger partial charge is 0.480 e. The van der Waals surface area contributed by atoms with Crippen molar-refractivity contribution in [2.24, 2.45) is 7.05 Å². The highest BCUT2D eigenvalue weighted by Gasteiger charge is 2.20. The van der Waals surface area contributed by atoms with Crippen molar-refractivity contribution < 1.29 is 9.84 Å². The van der Waals surface area contributed by atoms with Gasteiger partial charge in [-0.15, -0.1) is 0 Å². The summed E-state index contributed by atoms with van der Waals surface area (Å²) in [6.45, 7) is -0.120. The molecule has 2 aromatic carbocycles. The molecule has 0 radical (unpaired) electrons. The van der Waals surface area contributed by atoms with Crippen LogP contribution in [0.4, 0.5) is 0 Å². The average Bonchev–Trinajstić information content (AvgIpc) is 3.29. The van der Waals surface area contributed by atoms with E-state index in [4.69, 9.17) is 21.3 Å². The molecule has 1 N–H and O–H groups in total. The summed E-state index contributed by atoms with van der Waals surface area (Å²) < 4.78 is 7.48. The topological polar surface area (TPSA) is 73.1 Å². The van der Waals surface area contributed by atoms with Crippen LogP contribution in [-0.4, -0.2) is 31.7 Å². The van der Waals surface area contributed by atoms with Gasteiger partial charge >= 0.3 is 0 Å². The first-order valence-electron chi connectivity index (χ1n) is 10.4. The third kappa shape index (κ3) is 3.63. The predicted octanol–water partition coefficient (Wildman–Crippen LogP) is 5.52. The fraction of sp³-hybridized carbons (Fsp3) is 0.115. The molecule has 3 heterocycles. The molecular formula is C26H21ClN4O2. The fourth-order valence-corrected chi connectivity index (χ4v) is 4.44. The lowest BCUT2D eigenvalue weighted by Gasteiger charge is -2.16. The van der Waals surface area contributed by atoms with Crippen molar-refractivity contribution in [2.75, 3.05) is 7.11 Å². The van der Waals surface area contributed by atoms with E-state index in [1.165, 1.54) is 0 Å². The van der Waals surface area contributed by atoms with Gasteiger partial charge in [-0.25, -0.2) is 9.97 Å². The molecule has 164 valence electrons. The first-order valence-corrected chi connectivity index (χ1v) is 10.8. The van der Waals surface area contributed by atoms with Gasteiger partial charge < -0.3 is 14.4 Å². The van der Waals surface area contributed by atoms with E-state index in [-0.39, 0.29) is 6.61 Å². The van der Waals surface area contributed by atoms with Crippen LogP contribution < -0.4 is 4.74 Å². The molecule has 0 atom stereocenters. The molecule has 0 saturated heterocycles. The van der Waals surface area contributed by atoms with Gasteiger partial charge in [0.15, 0.2) is 0 Å². The number of pyridine rings is 2.